The lowest BCUT2D eigenvalue weighted by Gasteiger charge is -2.22. The summed E-state index contributed by atoms with van der Waals surface area (Å²) in [5.41, 5.74) is 4.14. The first-order valence-corrected chi connectivity index (χ1v) is 9.48. The van der Waals surface area contributed by atoms with Gasteiger partial charge < -0.3 is 15.2 Å². The Balaban J connectivity index is 1.45. The predicted molar refractivity (Wildman–Crippen MR) is 108 cm³/mol. The van der Waals surface area contributed by atoms with Crippen molar-refractivity contribution in [3.05, 3.63) is 59.2 Å². The lowest BCUT2D eigenvalue weighted by molar-refractivity contribution is -0.116. The highest BCUT2D eigenvalue weighted by Gasteiger charge is 2.17. The molecule has 4 nitrogen and oxygen atoms in total. The summed E-state index contributed by atoms with van der Waals surface area (Å²) in [6.07, 6.45) is 5.52. The van der Waals surface area contributed by atoms with Gasteiger partial charge in [0.25, 0.3) is 0 Å². The molecule has 134 valence electrons. The summed E-state index contributed by atoms with van der Waals surface area (Å²) < 4.78 is 0. The van der Waals surface area contributed by atoms with E-state index in [1.165, 1.54) is 23.8 Å². The van der Waals surface area contributed by atoms with Crippen LogP contribution in [0.1, 0.15) is 24.8 Å². The fourth-order valence-corrected chi connectivity index (χ4v) is 3.81. The first kappa shape index (κ1) is 17.0. The summed E-state index contributed by atoms with van der Waals surface area (Å²) in [5, 5.41) is 4.88. The zero-order valence-corrected chi connectivity index (χ0v) is 15.4. The van der Waals surface area contributed by atoms with Gasteiger partial charge in [-0.15, -0.1) is 0 Å². The average molecular weight is 368 g/mol. The quantitative estimate of drug-likeness (QED) is 0.667. The molecule has 5 heteroatoms. The number of hydrogen-bond acceptors (Lipinski definition) is 2. The van der Waals surface area contributed by atoms with E-state index < -0.39 is 0 Å². The average Bonchev–Trinajstić information content (AvgIpc) is 3.30. The molecular formula is C21H22ClN3O. The Hall–Kier alpha value is -2.46. The number of H-pyrrole nitrogens is 1. The van der Waals surface area contributed by atoms with E-state index in [4.69, 9.17) is 11.6 Å². The number of aromatic amines is 1. The van der Waals surface area contributed by atoms with Crippen molar-refractivity contribution >= 4 is 39.8 Å². The van der Waals surface area contributed by atoms with Crippen molar-refractivity contribution in [2.45, 2.75) is 25.7 Å². The van der Waals surface area contributed by atoms with Gasteiger partial charge in [0, 0.05) is 41.6 Å². The SMILES string of the molecule is O=C(CCc1c[nH]c2ccccc12)Nc1cc(Cl)ccc1N1CCCC1. The smallest absolute Gasteiger partial charge is 0.224 e. The van der Waals surface area contributed by atoms with Crippen molar-refractivity contribution < 1.29 is 4.79 Å². The monoisotopic (exact) mass is 367 g/mol. The molecule has 0 saturated carbocycles. The third-order valence-electron chi connectivity index (χ3n) is 4.98. The molecule has 0 spiro atoms. The van der Waals surface area contributed by atoms with Crippen LogP contribution < -0.4 is 10.2 Å². The van der Waals surface area contributed by atoms with Crippen LogP contribution in [0.4, 0.5) is 11.4 Å². The van der Waals surface area contributed by atoms with Crippen molar-refractivity contribution in [3.63, 3.8) is 0 Å². The molecule has 0 unspecified atom stereocenters. The molecule has 1 fully saturated rings. The Labute approximate surface area is 158 Å². The molecule has 1 saturated heterocycles. The number of carbonyl (C=O) groups is 1. The number of carbonyl (C=O) groups excluding carboxylic acids is 1. The maximum atomic E-state index is 12.5. The molecule has 1 aliphatic rings. The van der Waals surface area contributed by atoms with Crippen molar-refractivity contribution in [1.82, 2.24) is 4.98 Å². The Morgan fingerprint density at radius 2 is 1.96 bits per heavy atom. The summed E-state index contributed by atoms with van der Waals surface area (Å²) in [5.74, 6) is 0.0120. The number of benzene rings is 2. The van der Waals surface area contributed by atoms with E-state index in [9.17, 15) is 4.79 Å². The van der Waals surface area contributed by atoms with Gasteiger partial charge in [-0.05, 0) is 49.1 Å². The van der Waals surface area contributed by atoms with E-state index in [1.807, 2.05) is 42.6 Å². The van der Waals surface area contributed by atoms with Gasteiger partial charge >= 0.3 is 0 Å². The Kier molecular flexibility index (Phi) is 4.85. The van der Waals surface area contributed by atoms with Crippen LogP contribution in [0.2, 0.25) is 5.02 Å². The molecule has 2 N–H and O–H groups in total. The van der Waals surface area contributed by atoms with Crippen LogP contribution >= 0.6 is 11.6 Å². The second-order valence-corrected chi connectivity index (χ2v) is 7.20. The number of aromatic nitrogens is 1. The molecule has 1 aliphatic heterocycles. The van der Waals surface area contributed by atoms with Crippen molar-refractivity contribution in [1.29, 1.82) is 0 Å². The van der Waals surface area contributed by atoms with Gasteiger partial charge in [0.2, 0.25) is 5.91 Å². The zero-order chi connectivity index (χ0) is 17.9. The van der Waals surface area contributed by atoms with Crippen LogP contribution in [0, 0.1) is 0 Å². The molecule has 0 atom stereocenters. The number of anilines is 2. The minimum absolute atomic E-state index is 0.0120. The maximum Gasteiger partial charge on any atom is 0.224 e. The molecule has 4 rings (SSSR count). The second-order valence-electron chi connectivity index (χ2n) is 6.76. The van der Waals surface area contributed by atoms with E-state index in [1.54, 1.807) is 0 Å². The maximum absolute atomic E-state index is 12.5. The van der Waals surface area contributed by atoms with Crippen molar-refractivity contribution in [2.75, 3.05) is 23.3 Å². The standard InChI is InChI=1S/C21H22ClN3O/c22-16-8-9-20(25-11-3-4-12-25)19(13-16)24-21(26)10-7-15-14-23-18-6-2-1-5-17(15)18/h1-2,5-6,8-9,13-14,23H,3-4,7,10-12H2,(H,24,26). The highest BCUT2D eigenvalue weighted by Crippen LogP contribution is 2.31. The normalized spacial score (nSPS) is 14.1. The minimum Gasteiger partial charge on any atom is -0.370 e. The molecule has 1 aromatic heterocycles. The third-order valence-corrected chi connectivity index (χ3v) is 5.21. The number of nitrogens with zero attached hydrogens (tertiary/aromatic N) is 1. The van der Waals surface area contributed by atoms with Crippen LogP contribution in [-0.4, -0.2) is 24.0 Å². The Morgan fingerprint density at radius 3 is 2.81 bits per heavy atom. The number of para-hydroxylation sites is 1. The molecule has 0 aliphatic carbocycles. The van der Waals surface area contributed by atoms with Gasteiger partial charge in [-0.3, -0.25) is 4.79 Å². The fraction of sp³-hybridized carbons (Fsp3) is 0.286. The predicted octanol–water partition coefficient (Wildman–Crippen LogP) is 4.99. The largest absolute Gasteiger partial charge is 0.370 e. The van der Waals surface area contributed by atoms with Gasteiger partial charge in [-0.25, -0.2) is 0 Å². The summed E-state index contributed by atoms with van der Waals surface area (Å²) in [6.45, 7) is 2.06. The molecule has 2 heterocycles. The molecule has 0 radical (unpaired) electrons. The number of halogens is 1. The number of hydrogen-bond donors (Lipinski definition) is 2. The number of nitrogens with one attached hydrogen (secondary N) is 2. The summed E-state index contributed by atoms with van der Waals surface area (Å²) in [7, 11) is 0. The Morgan fingerprint density at radius 1 is 1.15 bits per heavy atom. The number of aryl methyl sites for hydroxylation is 1. The van der Waals surface area contributed by atoms with Gasteiger partial charge in [-0.1, -0.05) is 29.8 Å². The summed E-state index contributed by atoms with van der Waals surface area (Å²) in [6, 6.07) is 13.9. The van der Waals surface area contributed by atoms with E-state index in [0.29, 0.717) is 17.9 Å². The third kappa shape index (κ3) is 3.56. The molecular weight excluding hydrogens is 346 g/mol. The summed E-state index contributed by atoms with van der Waals surface area (Å²) >= 11 is 6.16. The van der Waals surface area contributed by atoms with Gasteiger partial charge in [0.15, 0.2) is 0 Å². The lowest BCUT2D eigenvalue weighted by Crippen LogP contribution is -2.21. The van der Waals surface area contributed by atoms with E-state index in [2.05, 4.69) is 21.3 Å². The van der Waals surface area contributed by atoms with Crippen LogP contribution in [0.25, 0.3) is 10.9 Å². The topological polar surface area (TPSA) is 48.1 Å². The van der Waals surface area contributed by atoms with Crippen molar-refractivity contribution in [2.24, 2.45) is 0 Å². The first-order chi connectivity index (χ1) is 12.7. The number of rotatable bonds is 5. The van der Waals surface area contributed by atoms with Crippen LogP contribution in [0.15, 0.2) is 48.7 Å². The number of amides is 1. The first-order valence-electron chi connectivity index (χ1n) is 9.10. The van der Waals surface area contributed by atoms with Gasteiger partial charge in [0.1, 0.15) is 0 Å². The molecule has 26 heavy (non-hydrogen) atoms. The molecule has 0 bridgehead atoms. The van der Waals surface area contributed by atoms with E-state index in [0.717, 1.165) is 30.0 Å². The minimum atomic E-state index is 0.0120. The van der Waals surface area contributed by atoms with Crippen LogP contribution in [0.5, 0.6) is 0 Å². The van der Waals surface area contributed by atoms with Gasteiger partial charge in [0.05, 0.1) is 11.4 Å². The number of fused-ring (bicyclic) bond motifs is 1. The van der Waals surface area contributed by atoms with E-state index in [-0.39, 0.29) is 5.91 Å². The highest BCUT2D eigenvalue weighted by atomic mass is 35.5. The lowest BCUT2D eigenvalue weighted by atomic mass is 10.1. The van der Waals surface area contributed by atoms with E-state index >= 15 is 0 Å². The molecule has 2 aromatic carbocycles. The fourth-order valence-electron chi connectivity index (χ4n) is 3.64. The van der Waals surface area contributed by atoms with Crippen molar-refractivity contribution in [3.8, 4) is 0 Å². The van der Waals surface area contributed by atoms with Crippen LogP contribution in [0.3, 0.4) is 0 Å². The highest BCUT2D eigenvalue weighted by molar-refractivity contribution is 6.31. The van der Waals surface area contributed by atoms with Crippen LogP contribution in [-0.2, 0) is 11.2 Å². The molecule has 1 amide bonds. The van der Waals surface area contributed by atoms with Gasteiger partial charge in [-0.2, -0.15) is 0 Å². The Bertz CT molecular complexity index is 928. The second kappa shape index (κ2) is 7.42. The summed E-state index contributed by atoms with van der Waals surface area (Å²) in [4.78, 5) is 18.1. The zero-order valence-electron chi connectivity index (χ0n) is 14.6. The molecule has 3 aromatic rings.